The van der Waals surface area contributed by atoms with Gasteiger partial charge in [0.05, 0.1) is 11.1 Å². The number of hydrogen-bond donors (Lipinski definition) is 1. The van der Waals surface area contributed by atoms with E-state index in [-0.39, 0.29) is 0 Å². The molecule has 1 aliphatic heterocycles. The third-order valence-electron chi connectivity index (χ3n) is 3.31. The Hall–Kier alpha value is -1.77. The van der Waals surface area contributed by atoms with Gasteiger partial charge < -0.3 is 9.67 Å². The molecule has 3 rings (SSSR count). The molecule has 1 aromatic heterocycles. The Morgan fingerprint density at radius 3 is 3.00 bits per heavy atom. The molecule has 82 valence electrons. The third-order valence-corrected chi connectivity index (χ3v) is 3.31. The summed E-state index contributed by atoms with van der Waals surface area (Å²) >= 11 is 0. The fraction of sp³-hybridized carbons (Fsp3) is 0.308. The van der Waals surface area contributed by atoms with Gasteiger partial charge in [-0.25, -0.2) is 4.79 Å². The molecule has 3 heteroatoms. The van der Waals surface area contributed by atoms with Crippen molar-refractivity contribution >= 4 is 16.9 Å². The maximum absolute atomic E-state index is 11.1. The molecule has 0 fully saturated rings. The van der Waals surface area contributed by atoms with E-state index >= 15 is 0 Å². The van der Waals surface area contributed by atoms with Crippen molar-refractivity contribution in [3.8, 4) is 0 Å². The summed E-state index contributed by atoms with van der Waals surface area (Å²) in [5, 5.41) is 10.0. The average Bonchev–Trinajstić information content (AvgIpc) is 2.51. The zero-order valence-corrected chi connectivity index (χ0v) is 8.94. The second-order valence-corrected chi connectivity index (χ2v) is 4.31. The van der Waals surface area contributed by atoms with Gasteiger partial charge in [-0.3, -0.25) is 0 Å². The first-order valence-electron chi connectivity index (χ1n) is 5.61. The van der Waals surface area contributed by atoms with E-state index in [1.807, 2.05) is 12.1 Å². The Kier molecular flexibility index (Phi) is 1.99. The van der Waals surface area contributed by atoms with Crippen LogP contribution in [-0.4, -0.2) is 15.6 Å². The molecule has 2 aromatic rings. The lowest BCUT2D eigenvalue weighted by Gasteiger charge is -2.02. The van der Waals surface area contributed by atoms with Crippen LogP contribution in [0.4, 0.5) is 0 Å². The van der Waals surface area contributed by atoms with E-state index in [0.717, 1.165) is 30.3 Å². The monoisotopic (exact) mass is 215 g/mol. The van der Waals surface area contributed by atoms with Crippen LogP contribution in [0.1, 0.15) is 28.8 Å². The summed E-state index contributed by atoms with van der Waals surface area (Å²) in [4.78, 5) is 11.1. The lowest BCUT2D eigenvalue weighted by molar-refractivity contribution is 0.0699. The number of aromatic carboxylic acids is 1. The Morgan fingerprint density at radius 1 is 1.31 bits per heavy atom. The number of aryl methyl sites for hydroxylation is 2. The van der Waals surface area contributed by atoms with E-state index in [9.17, 15) is 4.79 Å². The fourth-order valence-electron chi connectivity index (χ4n) is 2.58. The zero-order chi connectivity index (χ0) is 11.1. The number of rotatable bonds is 1. The van der Waals surface area contributed by atoms with Gasteiger partial charge in [-0.15, -0.1) is 0 Å². The highest BCUT2D eigenvalue weighted by Gasteiger charge is 2.17. The van der Waals surface area contributed by atoms with Crippen LogP contribution in [0.15, 0.2) is 24.4 Å². The van der Waals surface area contributed by atoms with E-state index in [2.05, 4.69) is 10.6 Å². The maximum atomic E-state index is 11.1. The van der Waals surface area contributed by atoms with Crippen LogP contribution >= 0.6 is 0 Å². The SMILES string of the molecule is O=C(O)c1cn2c3c(cccc13)CCCC2. The highest BCUT2D eigenvalue weighted by molar-refractivity contribution is 6.04. The molecule has 1 aliphatic rings. The van der Waals surface area contributed by atoms with Crippen molar-refractivity contribution in [1.29, 1.82) is 0 Å². The number of aromatic nitrogens is 1. The molecule has 0 saturated carbocycles. The van der Waals surface area contributed by atoms with Crippen molar-refractivity contribution in [2.45, 2.75) is 25.8 Å². The van der Waals surface area contributed by atoms with E-state index in [1.54, 1.807) is 6.20 Å². The summed E-state index contributed by atoms with van der Waals surface area (Å²) in [6.07, 6.45) is 5.14. The number of nitrogens with zero attached hydrogens (tertiary/aromatic N) is 1. The van der Waals surface area contributed by atoms with Gasteiger partial charge in [-0.1, -0.05) is 18.2 Å². The van der Waals surface area contributed by atoms with Gasteiger partial charge in [0.2, 0.25) is 0 Å². The van der Waals surface area contributed by atoms with Crippen LogP contribution in [0.25, 0.3) is 10.9 Å². The molecule has 16 heavy (non-hydrogen) atoms. The van der Waals surface area contributed by atoms with E-state index < -0.39 is 5.97 Å². The van der Waals surface area contributed by atoms with Crippen LogP contribution in [0.3, 0.4) is 0 Å². The maximum Gasteiger partial charge on any atom is 0.337 e. The summed E-state index contributed by atoms with van der Waals surface area (Å²) in [7, 11) is 0. The number of carboxylic acids is 1. The predicted octanol–water partition coefficient (Wildman–Crippen LogP) is 2.68. The molecule has 0 aliphatic carbocycles. The third kappa shape index (κ3) is 1.24. The molecular formula is C13H13NO2. The molecule has 1 N–H and O–H groups in total. The Labute approximate surface area is 93.3 Å². The molecule has 0 bridgehead atoms. The summed E-state index contributed by atoms with van der Waals surface area (Å²) in [5.74, 6) is -0.832. The minimum absolute atomic E-state index is 0.429. The first-order valence-corrected chi connectivity index (χ1v) is 5.61. The lowest BCUT2D eigenvalue weighted by atomic mass is 10.0. The fourth-order valence-corrected chi connectivity index (χ4v) is 2.58. The second-order valence-electron chi connectivity index (χ2n) is 4.31. The van der Waals surface area contributed by atoms with Crippen LogP contribution in [-0.2, 0) is 13.0 Å². The van der Waals surface area contributed by atoms with Crippen LogP contribution in [0, 0.1) is 0 Å². The van der Waals surface area contributed by atoms with Gasteiger partial charge in [-0.2, -0.15) is 0 Å². The standard InChI is InChI=1S/C13H13NO2/c15-13(16)11-8-14-7-2-1-4-9-5-3-6-10(11)12(9)14/h3,5-6,8H,1-2,4,7H2,(H,15,16). The minimum atomic E-state index is -0.832. The van der Waals surface area contributed by atoms with Crippen LogP contribution in [0.5, 0.6) is 0 Å². The first-order chi connectivity index (χ1) is 7.77. The normalized spacial score (nSPS) is 15.0. The molecule has 0 radical (unpaired) electrons. The number of benzene rings is 1. The average molecular weight is 215 g/mol. The molecular weight excluding hydrogens is 202 g/mol. The van der Waals surface area contributed by atoms with Gasteiger partial charge in [0, 0.05) is 18.1 Å². The Morgan fingerprint density at radius 2 is 2.19 bits per heavy atom. The van der Waals surface area contributed by atoms with Crippen molar-refractivity contribution in [3.63, 3.8) is 0 Å². The zero-order valence-electron chi connectivity index (χ0n) is 8.94. The highest BCUT2D eigenvalue weighted by Crippen LogP contribution is 2.28. The summed E-state index contributed by atoms with van der Waals surface area (Å²) in [6.45, 7) is 0.931. The molecule has 0 amide bonds. The smallest absolute Gasteiger partial charge is 0.337 e. The van der Waals surface area contributed by atoms with E-state index in [4.69, 9.17) is 5.11 Å². The molecule has 2 heterocycles. The van der Waals surface area contributed by atoms with E-state index in [0.29, 0.717) is 5.56 Å². The van der Waals surface area contributed by atoms with Gasteiger partial charge in [0.1, 0.15) is 0 Å². The number of para-hydroxylation sites is 1. The molecule has 0 atom stereocenters. The lowest BCUT2D eigenvalue weighted by Crippen LogP contribution is -1.96. The van der Waals surface area contributed by atoms with Gasteiger partial charge in [-0.05, 0) is 24.8 Å². The molecule has 0 spiro atoms. The highest BCUT2D eigenvalue weighted by atomic mass is 16.4. The summed E-state index contributed by atoms with van der Waals surface area (Å²) in [6, 6.07) is 5.97. The van der Waals surface area contributed by atoms with Crippen molar-refractivity contribution in [3.05, 3.63) is 35.5 Å². The topological polar surface area (TPSA) is 42.2 Å². The number of carbonyl (C=O) groups is 1. The largest absolute Gasteiger partial charge is 0.478 e. The van der Waals surface area contributed by atoms with Crippen molar-refractivity contribution in [2.24, 2.45) is 0 Å². The first kappa shape index (κ1) is 9.46. The molecule has 0 saturated heterocycles. The Balaban J connectivity index is 2.38. The van der Waals surface area contributed by atoms with Gasteiger partial charge in [0.15, 0.2) is 0 Å². The Bertz CT molecular complexity index is 569. The second kappa shape index (κ2) is 3.37. The summed E-state index contributed by atoms with van der Waals surface area (Å²) in [5.41, 5.74) is 2.83. The van der Waals surface area contributed by atoms with Crippen molar-refractivity contribution in [1.82, 2.24) is 4.57 Å². The van der Waals surface area contributed by atoms with Crippen molar-refractivity contribution < 1.29 is 9.90 Å². The molecule has 1 aromatic carbocycles. The number of carboxylic acid groups (broad SMARTS) is 1. The minimum Gasteiger partial charge on any atom is -0.478 e. The molecule has 3 nitrogen and oxygen atoms in total. The quantitative estimate of drug-likeness (QED) is 0.794. The summed E-state index contributed by atoms with van der Waals surface area (Å²) < 4.78 is 2.10. The molecule has 0 unspecified atom stereocenters. The van der Waals surface area contributed by atoms with E-state index in [1.165, 1.54) is 12.0 Å². The number of hydrogen-bond acceptors (Lipinski definition) is 1. The van der Waals surface area contributed by atoms with Gasteiger partial charge >= 0.3 is 5.97 Å². The van der Waals surface area contributed by atoms with Gasteiger partial charge in [0.25, 0.3) is 0 Å². The van der Waals surface area contributed by atoms with Crippen LogP contribution in [0.2, 0.25) is 0 Å². The predicted molar refractivity (Wildman–Crippen MR) is 61.8 cm³/mol. The van der Waals surface area contributed by atoms with Crippen molar-refractivity contribution in [2.75, 3.05) is 0 Å². The van der Waals surface area contributed by atoms with Crippen LogP contribution < -0.4 is 0 Å².